The van der Waals surface area contributed by atoms with Crippen LogP contribution in [0, 0.1) is 6.92 Å². The quantitative estimate of drug-likeness (QED) is 0.855. The summed E-state index contributed by atoms with van der Waals surface area (Å²) in [4.78, 5) is 24.2. The number of alkyl halides is 1. The van der Waals surface area contributed by atoms with E-state index in [2.05, 4.69) is 20.3 Å². The monoisotopic (exact) mass is 296 g/mol. The second kappa shape index (κ2) is 6.58. The molecule has 0 atom stereocenters. The molecule has 0 aliphatic carbocycles. The van der Waals surface area contributed by atoms with Crippen molar-refractivity contribution in [1.82, 2.24) is 20.3 Å². The zero-order valence-corrected chi connectivity index (χ0v) is 12.0. The highest BCUT2D eigenvalue weighted by molar-refractivity contribution is 7.09. The van der Waals surface area contributed by atoms with Crippen LogP contribution in [0.5, 0.6) is 0 Å². The molecule has 2 heterocycles. The summed E-state index contributed by atoms with van der Waals surface area (Å²) in [5, 5.41) is 5.42. The van der Waals surface area contributed by atoms with Crippen LogP contribution < -0.4 is 5.32 Å². The van der Waals surface area contributed by atoms with Gasteiger partial charge >= 0.3 is 0 Å². The van der Waals surface area contributed by atoms with E-state index >= 15 is 0 Å². The topological polar surface area (TPSA) is 67.8 Å². The van der Waals surface area contributed by atoms with E-state index in [1.807, 2.05) is 12.3 Å². The standard InChI is InChI=1S/C12H13ClN4OS/c1-8-4-15-10(5-14-8)6-16-11(18)2-12-17-9(3-13)7-19-12/h4-5,7H,2-3,6H2,1H3,(H,16,18). The Labute approximate surface area is 120 Å². The van der Waals surface area contributed by atoms with E-state index in [1.54, 1.807) is 12.4 Å². The number of rotatable bonds is 5. The molecule has 0 saturated heterocycles. The van der Waals surface area contributed by atoms with Crippen LogP contribution in [0.2, 0.25) is 0 Å². The third-order valence-electron chi connectivity index (χ3n) is 2.35. The Hall–Kier alpha value is -1.53. The number of hydrogen-bond donors (Lipinski definition) is 1. The molecule has 19 heavy (non-hydrogen) atoms. The van der Waals surface area contributed by atoms with Gasteiger partial charge < -0.3 is 5.32 Å². The van der Waals surface area contributed by atoms with Crippen LogP contribution in [0.1, 0.15) is 22.1 Å². The van der Waals surface area contributed by atoms with E-state index in [1.165, 1.54) is 11.3 Å². The van der Waals surface area contributed by atoms with Crippen LogP contribution >= 0.6 is 22.9 Å². The summed E-state index contributed by atoms with van der Waals surface area (Å²) < 4.78 is 0. The predicted octanol–water partition coefficient (Wildman–Crippen LogP) is 1.84. The summed E-state index contributed by atoms with van der Waals surface area (Å²) in [6.07, 6.45) is 3.60. The molecule has 2 aromatic heterocycles. The van der Waals surface area contributed by atoms with Gasteiger partial charge in [0.05, 0.1) is 42.1 Å². The Kier molecular flexibility index (Phi) is 4.81. The molecule has 0 aliphatic rings. The van der Waals surface area contributed by atoms with Crippen molar-refractivity contribution in [2.24, 2.45) is 0 Å². The number of nitrogens with one attached hydrogen (secondary N) is 1. The molecule has 1 N–H and O–H groups in total. The number of carbonyl (C=O) groups excluding carboxylic acids is 1. The second-order valence-electron chi connectivity index (χ2n) is 3.97. The molecule has 0 spiro atoms. The molecule has 2 rings (SSSR count). The number of aryl methyl sites for hydroxylation is 1. The van der Waals surface area contributed by atoms with E-state index in [9.17, 15) is 4.79 Å². The largest absolute Gasteiger partial charge is 0.350 e. The third-order valence-corrected chi connectivity index (χ3v) is 3.52. The highest BCUT2D eigenvalue weighted by Gasteiger charge is 2.07. The normalized spacial score (nSPS) is 10.4. The lowest BCUT2D eigenvalue weighted by molar-refractivity contribution is -0.120. The van der Waals surface area contributed by atoms with Crippen molar-refractivity contribution in [3.8, 4) is 0 Å². The molecule has 0 bridgehead atoms. The van der Waals surface area contributed by atoms with Crippen LogP contribution in [0.15, 0.2) is 17.8 Å². The van der Waals surface area contributed by atoms with Crippen molar-refractivity contribution in [2.75, 3.05) is 0 Å². The maximum Gasteiger partial charge on any atom is 0.227 e. The molecular formula is C12H13ClN4OS. The van der Waals surface area contributed by atoms with Gasteiger partial charge in [-0.25, -0.2) is 4.98 Å². The first-order valence-electron chi connectivity index (χ1n) is 5.71. The summed E-state index contributed by atoms with van der Waals surface area (Å²) in [5.74, 6) is 0.287. The Morgan fingerprint density at radius 2 is 2.21 bits per heavy atom. The number of amides is 1. The number of nitrogens with zero attached hydrogens (tertiary/aromatic N) is 3. The highest BCUT2D eigenvalue weighted by atomic mass is 35.5. The van der Waals surface area contributed by atoms with Crippen LogP contribution in [0.25, 0.3) is 0 Å². The molecule has 1 amide bonds. The lowest BCUT2D eigenvalue weighted by Crippen LogP contribution is -2.25. The lowest BCUT2D eigenvalue weighted by Gasteiger charge is -2.03. The first kappa shape index (κ1) is 13.9. The SMILES string of the molecule is Cc1cnc(CNC(=O)Cc2nc(CCl)cs2)cn1. The minimum absolute atomic E-state index is 0.0853. The molecule has 0 fully saturated rings. The first-order chi connectivity index (χ1) is 9.17. The van der Waals surface area contributed by atoms with E-state index in [4.69, 9.17) is 11.6 Å². The summed E-state index contributed by atoms with van der Waals surface area (Å²) in [6, 6.07) is 0. The molecule has 7 heteroatoms. The van der Waals surface area contributed by atoms with E-state index < -0.39 is 0 Å². The zero-order valence-electron chi connectivity index (χ0n) is 10.4. The maximum absolute atomic E-state index is 11.7. The smallest absolute Gasteiger partial charge is 0.227 e. The van der Waals surface area contributed by atoms with E-state index in [0.717, 1.165) is 22.1 Å². The number of hydrogen-bond acceptors (Lipinski definition) is 5. The van der Waals surface area contributed by atoms with Gasteiger partial charge in [-0.2, -0.15) is 0 Å². The lowest BCUT2D eigenvalue weighted by atomic mass is 10.3. The third kappa shape index (κ3) is 4.25. The van der Waals surface area contributed by atoms with Gasteiger partial charge in [-0.15, -0.1) is 22.9 Å². The van der Waals surface area contributed by atoms with Gasteiger partial charge in [0.15, 0.2) is 0 Å². The van der Waals surface area contributed by atoms with E-state index in [0.29, 0.717) is 12.4 Å². The van der Waals surface area contributed by atoms with Gasteiger partial charge in [0.25, 0.3) is 0 Å². The molecule has 0 aromatic carbocycles. The van der Waals surface area contributed by atoms with Crippen molar-refractivity contribution in [2.45, 2.75) is 25.8 Å². The molecule has 0 radical (unpaired) electrons. The molecular weight excluding hydrogens is 284 g/mol. The highest BCUT2D eigenvalue weighted by Crippen LogP contribution is 2.12. The molecule has 5 nitrogen and oxygen atoms in total. The molecule has 100 valence electrons. The average Bonchev–Trinajstić information content (AvgIpc) is 2.86. The summed E-state index contributed by atoms with van der Waals surface area (Å²) >= 11 is 7.10. The second-order valence-corrected chi connectivity index (χ2v) is 5.18. The van der Waals surface area contributed by atoms with Crippen molar-refractivity contribution in [3.63, 3.8) is 0 Å². The first-order valence-corrected chi connectivity index (χ1v) is 7.12. The number of aromatic nitrogens is 3. The Morgan fingerprint density at radius 1 is 1.37 bits per heavy atom. The van der Waals surface area contributed by atoms with Crippen molar-refractivity contribution >= 4 is 28.8 Å². The fourth-order valence-electron chi connectivity index (χ4n) is 1.39. The van der Waals surface area contributed by atoms with Crippen LogP contribution in [0.3, 0.4) is 0 Å². The predicted molar refractivity (Wildman–Crippen MR) is 74.0 cm³/mol. The fourth-order valence-corrected chi connectivity index (χ4v) is 2.41. The molecule has 0 saturated carbocycles. The Balaban J connectivity index is 1.82. The fraction of sp³-hybridized carbons (Fsp3) is 0.333. The van der Waals surface area contributed by atoms with Crippen LogP contribution in [-0.4, -0.2) is 20.9 Å². The van der Waals surface area contributed by atoms with Crippen molar-refractivity contribution in [1.29, 1.82) is 0 Å². The molecule has 0 unspecified atom stereocenters. The van der Waals surface area contributed by atoms with Gasteiger partial charge in [0.2, 0.25) is 5.91 Å². The zero-order chi connectivity index (χ0) is 13.7. The van der Waals surface area contributed by atoms with Crippen molar-refractivity contribution < 1.29 is 4.79 Å². The number of thiazole rings is 1. The van der Waals surface area contributed by atoms with Crippen LogP contribution in [-0.2, 0) is 23.6 Å². The van der Waals surface area contributed by atoms with Gasteiger partial charge in [0.1, 0.15) is 5.01 Å². The molecule has 2 aromatic rings. The average molecular weight is 297 g/mol. The van der Waals surface area contributed by atoms with Crippen LogP contribution in [0.4, 0.5) is 0 Å². The maximum atomic E-state index is 11.7. The molecule has 0 aliphatic heterocycles. The summed E-state index contributed by atoms with van der Waals surface area (Å²) in [5.41, 5.74) is 2.39. The number of carbonyl (C=O) groups is 1. The van der Waals surface area contributed by atoms with Gasteiger partial charge in [0, 0.05) is 11.6 Å². The van der Waals surface area contributed by atoms with Gasteiger partial charge in [-0.1, -0.05) is 0 Å². The number of halogens is 1. The minimum Gasteiger partial charge on any atom is -0.350 e. The minimum atomic E-state index is -0.0853. The Morgan fingerprint density at radius 3 is 2.84 bits per heavy atom. The van der Waals surface area contributed by atoms with Gasteiger partial charge in [-0.05, 0) is 6.92 Å². The summed E-state index contributed by atoms with van der Waals surface area (Å²) in [6.45, 7) is 2.24. The van der Waals surface area contributed by atoms with Gasteiger partial charge in [-0.3, -0.25) is 14.8 Å². The van der Waals surface area contributed by atoms with Crippen molar-refractivity contribution in [3.05, 3.63) is 39.9 Å². The Bertz CT molecular complexity index is 555. The summed E-state index contributed by atoms with van der Waals surface area (Å²) in [7, 11) is 0. The van der Waals surface area contributed by atoms with E-state index in [-0.39, 0.29) is 12.3 Å².